The lowest BCUT2D eigenvalue weighted by Crippen LogP contribution is -2.51. The van der Waals surface area contributed by atoms with Crippen molar-refractivity contribution in [2.45, 2.75) is 65.0 Å². The zero-order valence-electron chi connectivity index (χ0n) is 15.9. The van der Waals surface area contributed by atoms with Crippen LogP contribution in [0.5, 0.6) is 0 Å². The van der Waals surface area contributed by atoms with Crippen LogP contribution in [0.25, 0.3) is 0 Å². The fourth-order valence-corrected chi connectivity index (χ4v) is 4.77. The molecule has 1 aromatic rings. The molecule has 2 rings (SSSR count). The molecule has 5 nitrogen and oxygen atoms in total. The van der Waals surface area contributed by atoms with Crippen LogP contribution in [0.3, 0.4) is 0 Å². The molecule has 0 aromatic heterocycles. The van der Waals surface area contributed by atoms with Crippen LogP contribution in [-0.4, -0.2) is 44.6 Å². The molecule has 0 N–H and O–H groups in total. The van der Waals surface area contributed by atoms with E-state index in [2.05, 4.69) is 0 Å². The zero-order chi connectivity index (χ0) is 18.8. The molecule has 1 atom stereocenters. The maximum atomic E-state index is 13.0. The Morgan fingerprint density at radius 2 is 1.72 bits per heavy atom. The van der Waals surface area contributed by atoms with Gasteiger partial charge in [0.2, 0.25) is 15.9 Å². The molecule has 0 bridgehead atoms. The van der Waals surface area contributed by atoms with Gasteiger partial charge in [0.05, 0.1) is 11.9 Å². The monoisotopic (exact) mass is 366 g/mol. The van der Waals surface area contributed by atoms with Crippen LogP contribution in [0, 0.1) is 13.8 Å². The zero-order valence-corrected chi connectivity index (χ0v) is 16.8. The molecule has 0 radical (unpaired) electrons. The van der Waals surface area contributed by atoms with Gasteiger partial charge in [-0.05, 0) is 56.9 Å². The Hall–Kier alpha value is -1.56. The quantitative estimate of drug-likeness (QED) is 0.804. The van der Waals surface area contributed by atoms with Gasteiger partial charge in [0.25, 0.3) is 0 Å². The highest BCUT2D eigenvalue weighted by atomic mass is 32.2. The Bertz CT molecular complexity index is 724. The summed E-state index contributed by atoms with van der Waals surface area (Å²) in [6.45, 7) is 5.60. The van der Waals surface area contributed by atoms with E-state index in [-0.39, 0.29) is 11.9 Å². The standard InChI is InChI=1S/C19H30N2O3S/c1-14-11-12-18(13-15(14)2)21(25(5,23)24)16(3)19(22)20(4)17-9-7-6-8-10-17/h11-13,16-17H,6-10H2,1-5H3. The van der Waals surface area contributed by atoms with Gasteiger partial charge in [-0.3, -0.25) is 9.10 Å². The summed E-state index contributed by atoms with van der Waals surface area (Å²) >= 11 is 0. The summed E-state index contributed by atoms with van der Waals surface area (Å²) in [6.07, 6.45) is 6.63. The second-order valence-electron chi connectivity index (χ2n) is 7.24. The van der Waals surface area contributed by atoms with Gasteiger partial charge in [-0.2, -0.15) is 0 Å². The first-order valence-corrected chi connectivity index (χ1v) is 10.8. The number of hydrogen-bond acceptors (Lipinski definition) is 3. The number of carbonyl (C=O) groups excluding carboxylic acids is 1. The van der Waals surface area contributed by atoms with Crippen molar-refractivity contribution in [1.29, 1.82) is 0 Å². The van der Waals surface area contributed by atoms with Crippen LogP contribution in [-0.2, 0) is 14.8 Å². The summed E-state index contributed by atoms with van der Waals surface area (Å²) in [5.74, 6) is -0.143. The average molecular weight is 367 g/mol. The molecule has 0 spiro atoms. The Kier molecular flexibility index (Phi) is 6.14. The maximum absolute atomic E-state index is 13.0. The molecule has 0 heterocycles. The smallest absolute Gasteiger partial charge is 0.246 e. The maximum Gasteiger partial charge on any atom is 0.246 e. The van der Waals surface area contributed by atoms with Gasteiger partial charge in [0.1, 0.15) is 6.04 Å². The van der Waals surface area contributed by atoms with E-state index in [1.165, 1.54) is 10.7 Å². The van der Waals surface area contributed by atoms with Gasteiger partial charge >= 0.3 is 0 Å². The van der Waals surface area contributed by atoms with Gasteiger partial charge < -0.3 is 4.90 Å². The van der Waals surface area contributed by atoms with Gasteiger partial charge in [-0.1, -0.05) is 25.3 Å². The van der Waals surface area contributed by atoms with Crippen molar-refractivity contribution in [3.8, 4) is 0 Å². The normalized spacial score (nSPS) is 17.2. The number of carbonyl (C=O) groups is 1. The van der Waals surface area contributed by atoms with Crippen LogP contribution in [0.1, 0.15) is 50.2 Å². The van der Waals surface area contributed by atoms with E-state index in [1.807, 2.05) is 26.0 Å². The molecule has 1 saturated carbocycles. The van der Waals surface area contributed by atoms with Crippen molar-refractivity contribution in [3.05, 3.63) is 29.3 Å². The summed E-state index contributed by atoms with van der Waals surface area (Å²) < 4.78 is 26.1. The number of benzene rings is 1. The summed E-state index contributed by atoms with van der Waals surface area (Å²) in [4.78, 5) is 14.7. The van der Waals surface area contributed by atoms with Crippen LogP contribution < -0.4 is 4.31 Å². The van der Waals surface area contributed by atoms with Crippen LogP contribution in [0.2, 0.25) is 0 Å². The highest BCUT2D eigenvalue weighted by Crippen LogP contribution is 2.26. The van der Waals surface area contributed by atoms with E-state index in [9.17, 15) is 13.2 Å². The lowest BCUT2D eigenvalue weighted by atomic mass is 9.94. The van der Waals surface area contributed by atoms with E-state index in [0.717, 1.165) is 43.1 Å². The number of amides is 1. The molecular formula is C19H30N2O3S. The number of aryl methyl sites for hydroxylation is 2. The number of likely N-dealkylation sites (N-methyl/N-ethyl adjacent to an activating group) is 1. The lowest BCUT2D eigenvalue weighted by molar-refractivity contribution is -0.133. The number of sulfonamides is 1. The molecule has 140 valence electrons. The third kappa shape index (κ3) is 4.54. The van der Waals surface area contributed by atoms with Crippen molar-refractivity contribution >= 4 is 21.6 Å². The first kappa shape index (κ1) is 19.8. The van der Waals surface area contributed by atoms with Crippen LogP contribution in [0.15, 0.2) is 18.2 Å². The first-order chi connectivity index (χ1) is 11.6. The highest BCUT2D eigenvalue weighted by molar-refractivity contribution is 7.92. The Morgan fingerprint density at radius 1 is 1.12 bits per heavy atom. The molecule has 1 amide bonds. The molecule has 1 aliphatic carbocycles. The third-order valence-corrected chi connectivity index (χ3v) is 6.52. The van der Waals surface area contributed by atoms with E-state index in [1.54, 1.807) is 24.9 Å². The van der Waals surface area contributed by atoms with Crippen molar-refractivity contribution in [2.24, 2.45) is 0 Å². The Balaban J connectivity index is 2.30. The van der Waals surface area contributed by atoms with Gasteiger partial charge in [0.15, 0.2) is 0 Å². The Morgan fingerprint density at radius 3 is 2.24 bits per heavy atom. The molecule has 6 heteroatoms. The summed E-state index contributed by atoms with van der Waals surface area (Å²) in [5.41, 5.74) is 2.64. The van der Waals surface area contributed by atoms with E-state index >= 15 is 0 Å². The van der Waals surface area contributed by atoms with Gasteiger partial charge in [-0.25, -0.2) is 8.42 Å². The molecule has 0 saturated heterocycles. The van der Waals surface area contributed by atoms with E-state index in [0.29, 0.717) is 5.69 Å². The number of hydrogen-bond donors (Lipinski definition) is 0. The first-order valence-electron chi connectivity index (χ1n) is 8.96. The van der Waals surface area contributed by atoms with Crippen LogP contribution >= 0.6 is 0 Å². The van der Waals surface area contributed by atoms with E-state index in [4.69, 9.17) is 0 Å². The predicted octanol–water partition coefficient (Wildman–Crippen LogP) is 3.25. The van der Waals surface area contributed by atoms with Crippen molar-refractivity contribution in [1.82, 2.24) is 4.90 Å². The molecule has 25 heavy (non-hydrogen) atoms. The minimum Gasteiger partial charge on any atom is -0.341 e. The number of rotatable bonds is 5. The SMILES string of the molecule is Cc1ccc(N(C(C)C(=O)N(C)C2CCCCC2)S(C)(=O)=O)cc1C. The Labute approximate surface area is 152 Å². The molecule has 1 unspecified atom stereocenters. The average Bonchev–Trinajstić information content (AvgIpc) is 2.56. The number of nitrogens with zero attached hydrogens (tertiary/aromatic N) is 2. The minimum atomic E-state index is -3.57. The van der Waals surface area contributed by atoms with Crippen molar-refractivity contribution in [2.75, 3.05) is 17.6 Å². The summed E-state index contributed by atoms with van der Waals surface area (Å²) in [7, 11) is -1.77. The summed E-state index contributed by atoms with van der Waals surface area (Å²) in [5, 5.41) is 0. The van der Waals surface area contributed by atoms with Gasteiger partial charge in [0, 0.05) is 13.1 Å². The minimum absolute atomic E-state index is 0.143. The van der Waals surface area contributed by atoms with Gasteiger partial charge in [-0.15, -0.1) is 0 Å². The third-order valence-electron chi connectivity index (χ3n) is 5.28. The molecule has 1 aliphatic rings. The molecule has 1 aromatic carbocycles. The van der Waals surface area contributed by atoms with Crippen molar-refractivity contribution in [3.63, 3.8) is 0 Å². The van der Waals surface area contributed by atoms with Crippen LogP contribution in [0.4, 0.5) is 5.69 Å². The topological polar surface area (TPSA) is 57.7 Å². The molecule has 1 fully saturated rings. The highest BCUT2D eigenvalue weighted by Gasteiger charge is 2.33. The predicted molar refractivity (Wildman–Crippen MR) is 102 cm³/mol. The second-order valence-corrected chi connectivity index (χ2v) is 9.10. The fraction of sp³-hybridized carbons (Fsp3) is 0.632. The van der Waals surface area contributed by atoms with E-state index < -0.39 is 16.1 Å². The molecule has 0 aliphatic heterocycles. The van der Waals surface area contributed by atoms with Crippen molar-refractivity contribution < 1.29 is 13.2 Å². The largest absolute Gasteiger partial charge is 0.341 e. The molecular weight excluding hydrogens is 336 g/mol. The summed E-state index contributed by atoms with van der Waals surface area (Å²) in [6, 6.07) is 4.95. The second kappa shape index (κ2) is 7.77. The number of anilines is 1. The fourth-order valence-electron chi connectivity index (χ4n) is 3.61. The lowest BCUT2D eigenvalue weighted by Gasteiger charge is -2.36.